The molecule has 0 bridgehead atoms. The van der Waals surface area contributed by atoms with Crippen molar-refractivity contribution in [1.82, 2.24) is 0 Å². The molecule has 0 aromatic heterocycles. The van der Waals surface area contributed by atoms with Crippen LogP contribution in [-0.4, -0.2) is 17.5 Å². The Labute approximate surface area is 102 Å². The van der Waals surface area contributed by atoms with Gasteiger partial charge in [0.05, 0.1) is 0 Å². The Hall–Kier alpha value is -1.62. The molecule has 4 nitrogen and oxygen atoms in total. The van der Waals surface area contributed by atoms with Crippen molar-refractivity contribution >= 4 is 34.0 Å². The van der Waals surface area contributed by atoms with Crippen LogP contribution < -0.4 is 5.32 Å². The first-order valence-electron chi connectivity index (χ1n) is 4.32. The van der Waals surface area contributed by atoms with Crippen LogP contribution in [0.25, 0.3) is 0 Å². The standard InChI is InChI=1S/C10H10BrNO.CH2O2/c1-3-10(13)12-9-5-4-8(11)6-7(9)2;2-1-3/h3-6H,1H2,2H3,(H,12,13);1H,(H,2,3). The minimum absolute atomic E-state index is 0.189. The number of carbonyl (C=O) groups excluding carboxylic acids is 1. The molecule has 0 spiro atoms. The number of carboxylic acid groups (broad SMARTS) is 1. The van der Waals surface area contributed by atoms with Gasteiger partial charge >= 0.3 is 0 Å². The van der Waals surface area contributed by atoms with E-state index in [4.69, 9.17) is 9.90 Å². The van der Waals surface area contributed by atoms with E-state index in [1.54, 1.807) is 0 Å². The Bertz CT molecular complexity index is 391. The molecule has 0 aliphatic carbocycles. The van der Waals surface area contributed by atoms with Gasteiger partial charge in [0.2, 0.25) is 5.91 Å². The molecule has 2 N–H and O–H groups in total. The quantitative estimate of drug-likeness (QED) is 0.648. The molecule has 5 heteroatoms. The zero-order valence-corrected chi connectivity index (χ0v) is 10.3. The van der Waals surface area contributed by atoms with Gasteiger partial charge in [0.15, 0.2) is 0 Å². The average molecular weight is 286 g/mol. The van der Waals surface area contributed by atoms with E-state index in [-0.39, 0.29) is 12.4 Å². The summed E-state index contributed by atoms with van der Waals surface area (Å²) in [6.45, 7) is 5.07. The first kappa shape index (κ1) is 14.4. The lowest BCUT2D eigenvalue weighted by molar-refractivity contribution is -0.122. The number of rotatable bonds is 2. The molecule has 1 amide bonds. The lowest BCUT2D eigenvalue weighted by Gasteiger charge is -2.05. The molecule has 0 unspecified atom stereocenters. The van der Waals surface area contributed by atoms with Gasteiger partial charge in [-0.05, 0) is 36.8 Å². The molecular weight excluding hydrogens is 274 g/mol. The first-order valence-corrected chi connectivity index (χ1v) is 5.11. The third-order valence-electron chi connectivity index (χ3n) is 1.63. The molecule has 0 atom stereocenters. The highest BCUT2D eigenvalue weighted by Crippen LogP contribution is 2.19. The van der Waals surface area contributed by atoms with Crippen molar-refractivity contribution in [2.24, 2.45) is 0 Å². The van der Waals surface area contributed by atoms with Crippen LogP contribution in [0.4, 0.5) is 5.69 Å². The van der Waals surface area contributed by atoms with Gasteiger partial charge in [-0.3, -0.25) is 9.59 Å². The summed E-state index contributed by atoms with van der Waals surface area (Å²) in [6, 6.07) is 5.67. The molecule has 0 radical (unpaired) electrons. The van der Waals surface area contributed by atoms with Crippen LogP contribution in [0.5, 0.6) is 0 Å². The average Bonchev–Trinajstić information content (AvgIpc) is 2.23. The number of amides is 1. The van der Waals surface area contributed by atoms with Gasteiger partial charge in [0.1, 0.15) is 0 Å². The number of carbonyl (C=O) groups is 2. The van der Waals surface area contributed by atoms with Crippen molar-refractivity contribution in [2.45, 2.75) is 6.92 Å². The third-order valence-corrected chi connectivity index (χ3v) is 2.12. The Morgan fingerprint density at radius 2 is 2.12 bits per heavy atom. The van der Waals surface area contributed by atoms with E-state index in [1.165, 1.54) is 6.08 Å². The summed E-state index contributed by atoms with van der Waals surface area (Å²) in [6.07, 6.45) is 1.25. The smallest absolute Gasteiger partial charge is 0.290 e. The third kappa shape index (κ3) is 5.31. The molecule has 86 valence electrons. The lowest BCUT2D eigenvalue weighted by atomic mass is 10.2. The van der Waals surface area contributed by atoms with E-state index in [0.29, 0.717) is 0 Å². The fourth-order valence-corrected chi connectivity index (χ4v) is 1.43. The number of anilines is 1. The molecule has 1 aromatic carbocycles. The number of hydrogen-bond acceptors (Lipinski definition) is 2. The summed E-state index contributed by atoms with van der Waals surface area (Å²) < 4.78 is 1.00. The van der Waals surface area contributed by atoms with Crippen molar-refractivity contribution in [2.75, 3.05) is 5.32 Å². The Kier molecular flexibility index (Phi) is 6.87. The van der Waals surface area contributed by atoms with Gasteiger partial charge < -0.3 is 10.4 Å². The molecule has 0 fully saturated rings. The van der Waals surface area contributed by atoms with Crippen molar-refractivity contribution in [1.29, 1.82) is 0 Å². The molecule has 16 heavy (non-hydrogen) atoms. The molecular formula is C11H12BrNO3. The van der Waals surface area contributed by atoms with E-state index >= 15 is 0 Å². The number of hydrogen-bond donors (Lipinski definition) is 2. The van der Waals surface area contributed by atoms with E-state index in [9.17, 15) is 4.79 Å². The lowest BCUT2D eigenvalue weighted by Crippen LogP contribution is -2.08. The maximum atomic E-state index is 11.0. The summed E-state index contributed by atoms with van der Waals surface area (Å²) >= 11 is 3.35. The predicted octanol–water partition coefficient (Wildman–Crippen LogP) is 2.58. The summed E-state index contributed by atoms with van der Waals surface area (Å²) in [5.41, 5.74) is 1.83. The van der Waals surface area contributed by atoms with Gasteiger partial charge in [0.25, 0.3) is 6.47 Å². The van der Waals surface area contributed by atoms with Gasteiger partial charge in [0, 0.05) is 10.2 Å². The molecule has 0 aliphatic heterocycles. The summed E-state index contributed by atoms with van der Waals surface area (Å²) in [5, 5.41) is 9.60. The van der Waals surface area contributed by atoms with Crippen molar-refractivity contribution in [3.05, 3.63) is 40.9 Å². The van der Waals surface area contributed by atoms with Crippen LogP contribution >= 0.6 is 15.9 Å². The van der Waals surface area contributed by atoms with E-state index < -0.39 is 0 Å². The summed E-state index contributed by atoms with van der Waals surface area (Å²) in [4.78, 5) is 19.3. The van der Waals surface area contributed by atoms with Crippen molar-refractivity contribution < 1.29 is 14.7 Å². The SMILES string of the molecule is C=CC(=O)Nc1ccc(Br)cc1C.O=CO. The van der Waals surface area contributed by atoms with Crippen LogP contribution in [-0.2, 0) is 9.59 Å². The van der Waals surface area contributed by atoms with Crippen LogP contribution in [0.15, 0.2) is 35.3 Å². The zero-order chi connectivity index (χ0) is 12.6. The second kappa shape index (κ2) is 7.64. The Morgan fingerprint density at radius 1 is 1.56 bits per heavy atom. The van der Waals surface area contributed by atoms with Crippen LogP contribution in [0, 0.1) is 6.92 Å². The van der Waals surface area contributed by atoms with E-state index in [1.807, 2.05) is 25.1 Å². The van der Waals surface area contributed by atoms with Crippen molar-refractivity contribution in [3.8, 4) is 0 Å². The fraction of sp³-hybridized carbons (Fsp3) is 0.0909. The zero-order valence-electron chi connectivity index (χ0n) is 8.74. The summed E-state index contributed by atoms with van der Waals surface area (Å²) in [7, 11) is 0. The number of aryl methyl sites for hydroxylation is 1. The fourth-order valence-electron chi connectivity index (χ4n) is 0.951. The highest BCUT2D eigenvalue weighted by Gasteiger charge is 2.00. The van der Waals surface area contributed by atoms with E-state index in [2.05, 4.69) is 27.8 Å². The topological polar surface area (TPSA) is 66.4 Å². The number of nitrogens with one attached hydrogen (secondary N) is 1. The second-order valence-electron chi connectivity index (χ2n) is 2.76. The van der Waals surface area contributed by atoms with Gasteiger partial charge in [-0.25, -0.2) is 0 Å². The molecule has 1 rings (SSSR count). The van der Waals surface area contributed by atoms with E-state index in [0.717, 1.165) is 15.7 Å². The Balaban J connectivity index is 0.000000673. The van der Waals surface area contributed by atoms with Gasteiger partial charge in [-0.2, -0.15) is 0 Å². The maximum absolute atomic E-state index is 11.0. The molecule has 0 saturated carbocycles. The largest absolute Gasteiger partial charge is 0.483 e. The normalized spacial score (nSPS) is 8.38. The first-order chi connectivity index (χ1) is 7.54. The highest BCUT2D eigenvalue weighted by atomic mass is 79.9. The predicted molar refractivity (Wildman–Crippen MR) is 66.4 cm³/mol. The highest BCUT2D eigenvalue weighted by molar-refractivity contribution is 9.10. The number of halogens is 1. The number of benzene rings is 1. The summed E-state index contributed by atoms with van der Waals surface area (Å²) in [5.74, 6) is -0.189. The van der Waals surface area contributed by atoms with Crippen LogP contribution in [0.1, 0.15) is 5.56 Å². The molecule has 0 saturated heterocycles. The maximum Gasteiger partial charge on any atom is 0.290 e. The second-order valence-corrected chi connectivity index (χ2v) is 3.67. The Morgan fingerprint density at radius 3 is 2.56 bits per heavy atom. The molecule has 0 heterocycles. The monoisotopic (exact) mass is 285 g/mol. The minimum Gasteiger partial charge on any atom is -0.483 e. The van der Waals surface area contributed by atoms with Crippen molar-refractivity contribution in [3.63, 3.8) is 0 Å². The molecule has 0 aliphatic rings. The van der Waals surface area contributed by atoms with Gasteiger partial charge in [-0.1, -0.05) is 22.5 Å². The van der Waals surface area contributed by atoms with Gasteiger partial charge in [-0.15, -0.1) is 0 Å². The molecule has 1 aromatic rings. The van der Waals surface area contributed by atoms with Crippen LogP contribution in [0.2, 0.25) is 0 Å². The minimum atomic E-state index is -0.250. The van der Waals surface area contributed by atoms with Crippen LogP contribution in [0.3, 0.4) is 0 Å².